The van der Waals surface area contributed by atoms with E-state index >= 15 is 0 Å². The van der Waals surface area contributed by atoms with Crippen molar-refractivity contribution in [3.63, 3.8) is 0 Å². The highest BCUT2D eigenvalue weighted by atomic mass is 16.5. The molecule has 0 amide bonds. The van der Waals surface area contributed by atoms with Gasteiger partial charge in [0.2, 0.25) is 0 Å². The molecule has 0 radical (unpaired) electrons. The highest BCUT2D eigenvalue weighted by Gasteiger charge is 2.44. The first-order valence-corrected chi connectivity index (χ1v) is 7.94. The van der Waals surface area contributed by atoms with Gasteiger partial charge in [-0.2, -0.15) is 0 Å². The molecule has 0 bridgehead atoms. The molecule has 2 N–H and O–H groups in total. The van der Waals surface area contributed by atoms with Gasteiger partial charge in [0.25, 0.3) is 0 Å². The van der Waals surface area contributed by atoms with E-state index in [4.69, 9.17) is 10.5 Å². The van der Waals surface area contributed by atoms with Crippen molar-refractivity contribution in [1.82, 2.24) is 4.90 Å². The molecule has 3 heteroatoms. The lowest BCUT2D eigenvalue weighted by Crippen LogP contribution is -2.61. The molecule has 2 aliphatic rings. The van der Waals surface area contributed by atoms with E-state index in [1.807, 2.05) is 0 Å². The minimum Gasteiger partial charge on any atom is -0.379 e. The SMILES string of the molecule is NC(Cc1ccccc1)C1(N2CCOCC2)CCCC1. The Morgan fingerprint density at radius 3 is 2.40 bits per heavy atom. The molecule has 1 aliphatic carbocycles. The van der Waals surface area contributed by atoms with Crippen molar-refractivity contribution in [2.75, 3.05) is 26.3 Å². The second-order valence-corrected chi connectivity index (χ2v) is 6.21. The third-order valence-electron chi connectivity index (χ3n) is 5.10. The van der Waals surface area contributed by atoms with Crippen LogP contribution in [-0.2, 0) is 11.2 Å². The number of hydrogen-bond acceptors (Lipinski definition) is 3. The summed E-state index contributed by atoms with van der Waals surface area (Å²) in [6.07, 6.45) is 6.12. The minimum absolute atomic E-state index is 0.208. The normalized spacial score (nSPS) is 24.6. The van der Waals surface area contributed by atoms with Crippen molar-refractivity contribution < 1.29 is 4.74 Å². The Balaban J connectivity index is 1.75. The van der Waals surface area contributed by atoms with Crippen LogP contribution < -0.4 is 5.73 Å². The first-order chi connectivity index (χ1) is 9.81. The fourth-order valence-corrected chi connectivity index (χ4v) is 3.98. The van der Waals surface area contributed by atoms with Gasteiger partial charge in [0.15, 0.2) is 0 Å². The predicted molar refractivity (Wildman–Crippen MR) is 81.7 cm³/mol. The third kappa shape index (κ3) is 2.76. The zero-order valence-corrected chi connectivity index (χ0v) is 12.3. The monoisotopic (exact) mass is 274 g/mol. The Hall–Kier alpha value is -0.900. The zero-order chi connectivity index (χ0) is 13.8. The predicted octanol–water partition coefficient (Wildman–Crippen LogP) is 2.20. The van der Waals surface area contributed by atoms with E-state index in [1.165, 1.54) is 31.2 Å². The number of ether oxygens (including phenoxy) is 1. The van der Waals surface area contributed by atoms with Gasteiger partial charge in [-0.15, -0.1) is 0 Å². The van der Waals surface area contributed by atoms with Crippen molar-refractivity contribution in [1.29, 1.82) is 0 Å². The fourth-order valence-electron chi connectivity index (χ4n) is 3.98. The zero-order valence-electron chi connectivity index (χ0n) is 12.3. The van der Waals surface area contributed by atoms with Crippen molar-refractivity contribution in [2.45, 2.75) is 43.7 Å². The molecule has 1 saturated carbocycles. The smallest absolute Gasteiger partial charge is 0.0594 e. The molecule has 0 spiro atoms. The Labute approximate surface area is 122 Å². The average molecular weight is 274 g/mol. The molecule has 1 heterocycles. The average Bonchev–Trinajstić information content (AvgIpc) is 3.00. The van der Waals surface area contributed by atoms with E-state index < -0.39 is 0 Å². The fraction of sp³-hybridized carbons (Fsp3) is 0.647. The maximum Gasteiger partial charge on any atom is 0.0594 e. The topological polar surface area (TPSA) is 38.5 Å². The lowest BCUT2D eigenvalue weighted by Gasteiger charge is -2.47. The summed E-state index contributed by atoms with van der Waals surface area (Å²) < 4.78 is 5.52. The van der Waals surface area contributed by atoms with Crippen LogP contribution in [0.2, 0.25) is 0 Å². The number of nitrogens with zero attached hydrogens (tertiary/aromatic N) is 1. The minimum atomic E-state index is 0.208. The van der Waals surface area contributed by atoms with Crippen molar-refractivity contribution in [3.05, 3.63) is 35.9 Å². The van der Waals surface area contributed by atoms with E-state index in [-0.39, 0.29) is 11.6 Å². The third-order valence-corrected chi connectivity index (χ3v) is 5.10. The Kier molecular flexibility index (Phi) is 4.39. The summed E-state index contributed by atoms with van der Waals surface area (Å²) in [5.74, 6) is 0. The molecule has 0 aromatic heterocycles. The second-order valence-electron chi connectivity index (χ2n) is 6.21. The van der Waals surface area contributed by atoms with Crippen LogP contribution in [0.25, 0.3) is 0 Å². The summed E-state index contributed by atoms with van der Waals surface area (Å²) in [7, 11) is 0. The Bertz CT molecular complexity index is 408. The lowest BCUT2D eigenvalue weighted by molar-refractivity contribution is -0.0305. The first-order valence-electron chi connectivity index (χ1n) is 7.94. The van der Waals surface area contributed by atoms with E-state index in [1.54, 1.807) is 0 Å². The molecule has 1 aliphatic heterocycles. The molecule has 3 nitrogen and oxygen atoms in total. The van der Waals surface area contributed by atoms with Crippen LogP contribution in [0, 0.1) is 0 Å². The maximum absolute atomic E-state index is 6.69. The summed E-state index contributed by atoms with van der Waals surface area (Å²) in [5, 5.41) is 0. The van der Waals surface area contributed by atoms with E-state index in [0.29, 0.717) is 0 Å². The van der Waals surface area contributed by atoms with Crippen LogP contribution in [-0.4, -0.2) is 42.8 Å². The van der Waals surface area contributed by atoms with Gasteiger partial charge in [-0.1, -0.05) is 43.2 Å². The first kappa shape index (κ1) is 14.1. The van der Waals surface area contributed by atoms with Gasteiger partial charge in [-0.25, -0.2) is 0 Å². The van der Waals surface area contributed by atoms with Crippen molar-refractivity contribution in [2.24, 2.45) is 5.73 Å². The summed E-state index contributed by atoms with van der Waals surface area (Å²) in [4.78, 5) is 2.62. The van der Waals surface area contributed by atoms with Gasteiger partial charge in [-0.05, 0) is 24.8 Å². The molecule has 1 saturated heterocycles. The van der Waals surface area contributed by atoms with E-state index in [0.717, 1.165) is 32.7 Å². The molecular formula is C17H26N2O. The number of rotatable bonds is 4. The largest absolute Gasteiger partial charge is 0.379 e. The highest BCUT2D eigenvalue weighted by Crippen LogP contribution is 2.38. The molecule has 3 rings (SSSR count). The summed E-state index contributed by atoms with van der Waals surface area (Å²) >= 11 is 0. The molecule has 1 aromatic rings. The molecular weight excluding hydrogens is 248 g/mol. The van der Waals surface area contributed by atoms with Gasteiger partial charge in [0.05, 0.1) is 13.2 Å². The van der Waals surface area contributed by atoms with Crippen LogP contribution in [0.5, 0.6) is 0 Å². The van der Waals surface area contributed by atoms with Crippen LogP contribution in [0.15, 0.2) is 30.3 Å². The van der Waals surface area contributed by atoms with Gasteiger partial charge in [-0.3, -0.25) is 4.90 Å². The van der Waals surface area contributed by atoms with Crippen LogP contribution in [0.4, 0.5) is 0 Å². The molecule has 20 heavy (non-hydrogen) atoms. The number of nitrogens with two attached hydrogens (primary N) is 1. The number of hydrogen-bond donors (Lipinski definition) is 1. The summed E-state index contributed by atoms with van der Waals surface area (Å²) in [6, 6.07) is 10.9. The van der Waals surface area contributed by atoms with Crippen LogP contribution >= 0.6 is 0 Å². The van der Waals surface area contributed by atoms with Gasteiger partial charge in [0, 0.05) is 24.7 Å². The van der Waals surface area contributed by atoms with E-state index in [2.05, 4.69) is 35.2 Å². The lowest BCUT2D eigenvalue weighted by atomic mass is 9.82. The molecule has 1 unspecified atom stereocenters. The van der Waals surface area contributed by atoms with Crippen molar-refractivity contribution >= 4 is 0 Å². The number of morpholine rings is 1. The summed E-state index contributed by atoms with van der Waals surface area (Å²) in [5.41, 5.74) is 8.26. The van der Waals surface area contributed by atoms with Gasteiger partial charge >= 0.3 is 0 Å². The molecule has 2 fully saturated rings. The van der Waals surface area contributed by atoms with E-state index in [9.17, 15) is 0 Å². The van der Waals surface area contributed by atoms with Gasteiger partial charge < -0.3 is 10.5 Å². The van der Waals surface area contributed by atoms with Crippen molar-refractivity contribution in [3.8, 4) is 0 Å². The Morgan fingerprint density at radius 1 is 1.10 bits per heavy atom. The molecule has 1 atom stereocenters. The maximum atomic E-state index is 6.69. The summed E-state index contributed by atoms with van der Waals surface area (Å²) in [6.45, 7) is 3.81. The quantitative estimate of drug-likeness (QED) is 0.915. The Morgan fingerprint density at radius 2 is 1.75 bits per heavy atom. The van der Waals surface area contributed by atoms with Gasteiger partial charge in [0.1, 0.15) is 0 Å². The standard InChI is InChI=1S/C17H26N2O/c18-16(14-15-6-2-1-3-7-15)17(8-4-5-9-17)19-10-12-20-13-11-19/h1-3,6-7,16H,4-5,8-14,18H2. The molecule has 110 valence electrons. The highest BCUT2D eigenvalue weighted by molar-refractivity contribution is 5.18. The molecule has 1 aromatic carbocycles. The number of benzene rings is 1. The van der Waals surface area contributed by atoms with Crippen LogP contribution in [0.3, 0.4) is 0 Å². The second kappa shape index (κ2) is 6.25. The van der Waals surface area contributed by atoms with Crippen LogP contribution in [0.1, 0.15) is 31.2 Å².